The first-order valence-electron chi connectivity index (χ1n) is 3.69. The molecule has 3 nitrogen and oxygen atoms in total. The molecule has 0 saturated carbocycles. The SMILES string of the molecule is N#CCc1ccc(C(F)(F)F)c[n+]1N. The topological polar surface area (TPSA) is 53.7 Å². The number of aromatic nitrogens is 1. The molecule has 1 aromatic heterocycles. The van der Waals surface area contributed by atoms with Gasteiger partial charge in [-0.2, -0.15) is 18.4 Å². The molecular formula is C8H7F3N3+. The molecule has 1 heterocycles. The number of rotatable bonds is 1. The Balaban J connectivity index is 3.08. The minimum atomic E-state index is -4.41. The molecule has 0 aliphatic rings. The summed E-state index contributed by atoms with van der Waals surface area (Å²) in [7, 11) is 0. The van der Waals surface area contributed by atoms with Crippen molar-refractivity contribution in [1.82, 2.24) is 0 Å². The van der Waals surface area contributed by atoms with E-state index in [0.717, 1.165) is 16.9 Å². The van der Waals surface area contributed by atoms with Crippen molar-refractivity contribution in [3.63, 3.8) is 0 Å². The number of nitrogen functional groups attached to an aromatic ring is 1. The van der Waals surface area contributed by atoms with Crippen molar-refractivity contribution in [3.05, 3.63) is 29.6 Å². The molecule has 2 N–H and O–H groups in total. The third kappa shape index (κ3) is 2.13. The molecule has 0 unspecified atom stereocenters. The summed E-state index contributed by atoms with van der Waals surface area (Å²) >= 11 is 0. The highest BCUT2D eigenvalue weighted by Crippen LogP contribution is 2.27. The van der Waals surface area contributed by atoms with E-state index in [1.54, 1.807) is 6.07 Å². The Hall–Kier alpha value is -1.77. The van der Waals surface area contributed by atoms with Crippen molar-refractivity contribution < 1.29 is 17.8 Å². The number of halogens is 3. The van der Waals surface area contributed by atoms with Gasteiger partial charge in [-0.15, -0.1) is 0 Å². The van der Waals surface area contributed by atoms with Gasteiger partial charge in [-0.25, -0.2) is 5.84 Å². The third-order valence-corrected chi connectivity index (χ3v) is 1.65. The van der Waals surface area contributed by atoms with Gasteiger partial charge in [0.05, 0.1) is 6.07 Å². The summed E-state index contributed by atoms with van der Waals surface area (Å²) in [6.45, 7) is 0. The van der Waals surface area contributed by atoms with Crippen LogP contribution in [0.3, 0.4) is 0 Å². The number of alkyl halides is 3. The fourth-order valence-corrected chi connectivity index (χ4v) is 0.947. The minimum absolute atomic E-state index is 0.0192. The Morgan fingerprint density at radius 1 is 1.43 bits per heavy atom. The number of nitrogens with two attached hydrogens (primary N) is 1. The molecule has 0 amide bonds. The van der Waals surface area contributed by atoms with Crippen molar-refractivity contribution in [2.75, 3.05) is 5.84 Å². The second kappa shape index (κ2) is 3.54. The maximum Gasteiger partial charge on any atom is 0.422 e. The zero-order valence-electron chi connectivity index (χ0n) is 7.04. The zero-order chi connectivity index (χ0) is 10.8. The first-order valence-corrected chi connectivity index (χ1v) is 3.69. The average Bonchev–Trinajstić information content (AvgIpc) is 2.07. The summed E-state index contributed by atoms with van der Waals surface area (Å²) in [5.41, 5.74) is -0.498. The van der Waals surface area contributed by atoms with Crippen molar-refractivity contribution in [2.24, 2.45) is 0 Å². The molecule has 0 spiro atoms. The maximum absolute atomic E-state index is 12.2. The standard InChI is InChI=1S/C8H7F3N3/c9-8(10,11)6-1-2-7(3-4-12)14(13)5-6/h1-2,5H,3,13H2/q+1. The Morgan fingerprint density at radius 2 is 2.07 bits per heavy atom. The van der Waals surface area contributed by atoms with Gasteiger partial charge in [0.1, 0.15) is 12.0 Å². The molecule has 0 aliphatic carbocycles. The lowest BCUT2D eigenvalue weighted by Gasteiger charge is -2.04. The summed E-state index contributed by atoms with van der Waals surface area (Å²) in [4.78, 5) is 0. The lowest BCUT2D eigenvalue weighted by atomic mass is 10.2. The van der Waals surface area contributed by atoms with Gasteiger partial charge in [0.25, 0.3) is 0 Å². The van der Waals surface area contributed by atoms with Crippen LogP contribution in [0.2, 0.25) is 0 Å². The van der Waals surface area contributed by atoms with Crippen molar-refractivity contribution in [3.8, 4) is 6.07 Å². The van der Waals surface area contributed by atoms with E-state index in [-0.39, 0.29) is 6.42 Å². The van der Waals surface area contributed by atoms with Crippen molar-refractivity contribution in [1.29, 1.82) is 5.26 Å². The number of nitriles is 1. The van der Waals surface area contributed by atoms with E-state index in [4.69, 9.17) is 11.1 Å². The zero-order valence-corrected chi connectivity index (χ0v) is 7.04. The van der Waals surface area contributed by atoms with E-state index in [1.807, 2.05) is 0 Å². The van der Waals surface area contributed by atoms with Crippen LogP contribution in [0, 0.1) is 11.3 Å². The fourth-order valence-electron chi connectivity index (χ4n) is 0.947. The Labute approximate surface area is 78.2 Å². The van der Waals surface area contributed by atoms with Crippen LogP contribution >= 0.6 is 0 Å². The molecule has 14 heavy (non-hydrogen) atoms. The molecule has 0 fully saturated rings. The fraction of sp³-hybridized carbons (Fsp3) is 0.250. The predicted molar refractivity (Wildman–Crippen MR) is 41.1 cm³/mol. The van der Waals surface area contributed by atoms with Crippen LogP contribution in [0.15, 0.2) is 18.3 Å². The average molecular weight is 202 g/mol. The van der Waals surface area contributed by atoms with Crippen LogP contribution in [-0.2, 0) is 12.6 Å². The van der Waals surface area contributed by atoms with E-state index in [9.17, 15) is 13.2 Å². The second-order valence-corrected chi connectivity index (χ2v) is 2.65. The molecule has 0 radical (unpaired) electrons. The van der Waals surface area contributed by atoms with Crippen LogP contribution in [0.25, 0.3) is 0 Å². The highest BCUT2D eigenvalue weighted by Gasteiger charge is 2.33. The summed E-state index contributed by atoms with van der Waals surface area (Å²) in [5, 5.41) is 8.33. The van der Waals surface area contributed by atoms with E-state index >= 15 is 0 Å². The number of hydrogen-bond donors (Lipinski definition) is 1. The van der Waals surface area contributed by atoms with E-state index in [1.165, 1.54) is 6.07 Å². The smallest absolute Gasteiger partial charge is 0.205 e. The molecule has 0 aliphatic heterocycles. The van der Waals surface area contributed by atoms with Gasteiger partial charge in [0.2, 0.25) is 11.9 Å². The Morgan fingerprint density at radius 3 is 2.50 bits per heavy atom. The van der Waals surface area contributed by atoms with Crippen LogP contribution in [0.1, 0.15) is 11.3 Å². The summed E-state index contributed by atoms with van der Waals surface area (Å²) in [6, 6.07) is 3.89. The molecule has 74 valence electrons. The van der Waals surface area contributed by atoms with E-state index < -0.39 is 11.7 Å². The first kappa shape index (κ1) is 10.3. The predicted octanol–water partition coefficient (Wildman–Crippen LogP) is 0.773. The van der Waals surface area contributed by atoms with Crippen molar-refractivity contribution >= 4 is 0 Å². The number of pyridine rings is 1. The van der Waals surface area contributed by atoms with Gasteiger partial charge in [0, 0.05) is 6.07 Å². The molecule has 0 atom stereocenters. The van der Waals surface area contributed by atoms with Gasteiger partial charge in [-0.05, 0) is 6.07 Å². The van der Waals surface area contributed by atoms with Crippen molar-refractivity contribution in [2.45, 2.75) is 12.6 Å². The molecule has 1 rings (SSSR count). The van der Waals surface area contributed by atoms with Crippen LogP contribution in [0.5, 0.6) is 0 Å². The molecule has 6 heteroatoms. The van der Waals surface area contributed by atoms with Gasteiger partial charge < -0.3 is 0 Å². The van der Waals surface area contributed by atoms with Gasteiger partial charge in [-0.3, -0.25) is 0 Å². The number of hydrogen-bond acceptors (Lipinski definition) is 2. The quantitative estimate of drug-likeness (QED) is 0.540. The van der Waals surface area contributed by atoms with Crippen LogP contribution in [0.4, 0.5) is 13.2 Å². The summed E-state index contributed by atoms with van der Waals surface area (Å²) in [6.07, 6.45) is -3.67. The van der Waals surface area contributed by atoms with E-state index in [2.05, 4.69) is 0 Å². The maximum atomic E-state index is 12.2. The third-order valence-electron chi connectivity index (χ3n) is 1.65. The monoisotopic (exact) mass is 202 g/mol. The van der Waals surface area contributed by atoms with E-state index in [0.29, 0.717) is 5.69 Å². The molecule has 0 saturated heterocycles. The lowest BCUT2D eigenvalue weighted by Crippen LogP contribution is -2.48. The highest BCUT2D eigenvalue weighted by molar-refractivity contribution is 5.14. The first-order chi connectivity index (χ1) is 6.45. The van der Waals surface area contributed by atoms with Gasteiger partial charge in [0.15, 0.2) is 0 Å². The summed E-state index contributed by atoms with van der Waals surface area (Å²) < 4.78 is 37.3. The van der Waals surface area contributed by atoms with Gasteiger partial charge >= 0.3 is 6.18 Å². The molecule has 1 aromatic rings. The lowest BCUT2D eigenvalue weighted by molar-refractivity contribution is -0.647. The molecular weight excluding hydrogens is 195 g/mol. The normalized spacial score (nSPS) is 11.0. The number of nitrogens with zero attached hydrogens (tertiary/aromatic N) is 2. The largest absolute Gasteiger partial charge is 0.422 e. The van der Waals surface area contributed by atoms with Crippen LogP contribution in [-0.4, -0.2) is 0 Å². The van der Waals surface area contributed by atoms with Gasteiger partial charge in [-0.1, -0.05) is 4.68 Å². The Bertz CT molecular complexity index is 378. The molecule has 0 aromatic carbocycles. The second-order valence-electron chi connectivity index (χ2n) is 2.65. The van der Waals surface area contributed by atoms with Crippen LogP contribution < -0.4 is 10.5 Å². The molecule has 0 bridgehead atoms. The Kier molecular flexibility index (Phi) is 2.60. The highest BCUT2D eigenvalue weighted by atomic mass is 19.4. The minimum Gasteiger partial charge on any atom is -0.205 e. The summed E-state index contributed by atoms with van der Waals surface area (Å²) in [5.74, 6) is 5.27.